The van der Waals surface area contributed by atoms with Crippen molar-refractivity contribution in [1.29, 1.82) is 0 Å². The Hall–Kier alpha value is -2.61. The molecule has 2 aromatic heterocycles. The molecule has 24 heavy (non-hydrogen) atoms. The van der Waals surface area contributed by atoms with E-state index in [4.69, 9.17) is 9.47 Å². The lowest BCUT2D eigenvalue weighted by molar-refractivity contribution is 0.0949. The summed E-state index contributed by atoms with van der Waals surface area (Å²) in [5, 5.41) is 2.81. The average molecular weight is 391 g/mol. The number of hydrogen-bond acceptors (Lipinski definition) is 5. The number of carbonyl (C=O) groups excluding carboxylic acids is 1. The molecule has 0 radical (unpaired) electrons. The lowest BCUT2D eigenvalue weighted by atomic mass is 10.2. The molecule has 1 aromatic carbocycles. The van der Waals surface area contributed by atoms with Crippen molar-refractivity contribution in [3.63, 3.8) is 0 Å². The molecule has 124 valence electrons. The van der Waals surface area contributed by atoms with Crippen LogP contribution in [0.2, 0.25) is 0 Å². The number of fused-ring (bicyclic) bond motifs is 1. The third-order valence-corrected chi connectivity index (χ3v) is 3.82. The van der Waals surface area contributed by atoms with Crippen molar-refractivity contribution in [3.05, 3.63) is 46.3 Å². The van der Waals surface area contributed by atoms with E-state index in [0.717, 1.165) is 9.99 Å². The molecule has 0 spiro atoms. The Bertz CT molecular complexity index is 872. The van der Waals surface area contributed by atoms with Crippen LogP contribution >= 0.6 is 15.9 Å². The molecule has 2 heterocycles. The molecular formula is C16H15BrN4O3. The number of rotatable bonds is 5. The monoisotopic (exact) mass is 390 g/mol. The van der Waals surface area contributed by atoms with Crippen molar-refractivity contribution in [3.8, 4) is 11.5 Å². The number of hydrogen-bond donors (Lipinski definition) is 2. The van der Waals surface area contributed by atoms with E-state index < -0.39 is 0 Å². The highest BCUT2D eigenvalue weighted by Crippen LogP contribution is 2.22. The predicted octanol–water partition coefficient (Wildman–Crippen LogP) is 2.67. The van der Waals surface area contributed by atoms with E-state index in [1.165, 1.54) is 14.2 Å². The molecule has 0 saturated carbocycles. The van der Waals surface area contributed by atoms with E-state index in [1.807, 2.05) is 6.07 Å². The Morgan fingerprint density at radius 1 is 1.21 bits per heavy atom. The minimum Gasteiger partial charge on any atom is -0.497 e. The summed E-state index contributed by atoms with van der Waals surface area (Å²) in [5.41, 5.74) is 1.85. The van der Waals surface area contributed by atoms with Crippen LogP contribution in [0.5, 0.6) is 11.5 Å². The number of pyridine rings is 1. The standard InChI is InChI=1S/C16H15BrN4O3/c1-23-11-3-9(4-12(6-11)24-2)16(22)19-8-14-20-13-5-10(17)7-18-15(13)21-14/h3-7H,8H2,1-2H3,(H,19,22)(H,18,20,21). The number of halogens is 1. The van der Waals surface area contributed by atoms with E-state index in [1.54, 1.807) is 24.4 Å². The Morgan fingerprint density at radius 3 is 2.58 bits per heavy atom. The second-order valence-electron chi connectivity index (χ2n) is 4.99. The number of methoxy groups -OCH3 is 2. The molecule has 0 aliphatic carbocycles. The summed E-state index contributed by atoms with van der Waals surface area (Å²) in [7, 11) is 3.08. The maximum absolute atomic E-state index is 12.3. The lowest BCUT2D eigenvalue weighted by Gasteiger charge is -2.08. The molecule has 3 rings (SSSR count). The number of amides is 1. The van der Waals surface area contributed by atoms with Gasteiger partial charge in [0.25, 0.3) is 5.91 Å². The first-order valence-corrected chi connectivity index (χ1v) is 7.90. The number of nitrogens with zero attached hydrogens (tertiary/aromatic N) is 2. The van der Waals surface area contributed by atoms with Crippen LogP contribution in [0.3, 0.4) is 0 Å². The van der Waals surface area contributed by atoms with Crippen molar-refractivity contribution >= 4 is 33.0 Å². The van der Waals surface area contributed by atoms with Crippen LogP contribution < -0.4 is 14.8 Å². The van der Waals surface area contributed by atoms with Crippen LogP contribution in [0.1, 0.15) is 16.2 Å². The summed E-state index contributed by atoms with van der Waals surface area (Å²) in [4.78, 5) is 24.0. The number of nitrogens with one attached hydrogen (secondary N) is 2. The summed E-state index contributed by atoms with van der Waals surface area (Å²) in [6.45, 7) is 0.256. The number of H-pyrrole nitrogens is 1. The maximum atomic E-state index is 12.3. The fourth-order valence-corrected chi connectivity index (χ4v) is 2.54. The lowest BCUT2D eigenvalue weighted by Crippen LogP contribution is -2.23. The van der Waals surface area contributed by atoms with Crippen molar-refractivity contribution in [2.24, 2.45) is 0 Å². The Labute approximate surface area is 146 Å². The summed E-state index contributed by atoms with van der Waals surface area (Å²) in [6.07, 6.45) is 1.67. The topological polar surface area (TPSA) is 89.1 Å². The van der Waals surface area contributed by atoms with Gasteiger partial charge in [0.1, 0.15) is 17.3 Å². The van der Waals surface area contributed by atoms with Crippen LogP contribution in [-0.2, 0) is 6.54 Å². The minimum atomic E-state index is -0.248. The minimum absolute atomic E-state index is 0.248. The van der Waals surface area contributed by atoms with Gasteiger partial charge in [0.05, 0.1) is 26.3 Å². The van der Waals surface area contributed by atoms with Gasteiger partial charge in [0.15, 0.2) is 5.65 Å². The molecule has 7 nitrogen and oxygen atoms in total. The maximum Gasteiger partial charge on any atom is 0.251 e. The van der Waals surface area contributed by atoms with E-state index in [9.17, 15) is 4.79 Å². The number of aromatic nitrogens is 3. The molecule has 0 aliphatic heterocycles. The summed E-state index contributed by atoms with van der Waals surface area (Å²) in [5.74, 6) is 1.48. The third kappa shape index (κ3) is 3.48. The van der Waals surface area contributed by atoms with Gasteiger partial charge in [-0.3, -0.25) is 4.79 Å². The third-order valence-electron chi connectivity index (χ3n) is 3.38. The van der Waals surface area contributed by atoms with Crippen LogP contribution in [0.15, 0.2) is 34.9 Å². The summed E-state index contributed by atoms with van der Waals surface area (Å²) in [6, 6.07) is 6.89. The number of imidazole rings is 1. The van der Waals surface area contributed by atoms with Gasteiger partial charge in [-0.25, -0.2) is 9.97 Å². The normalized spacial score (nSPS) is 10.6. The van der Waals surface area contributed by atoms with Gasteiger partial charge in [0, 0.05) is 22.3 Å². The Morgan fingerprint density at radius 2 is 1.92 bits per heavy atom. The summed E-state index contributed by atoms with van der Waals surface area (Å²) >= 11 is 3.36. The first kappa shape index (κ1) is 16.3. The number of benzene rings is 1. The van der Waals surface area contributed by atoms with Crippen LogP contribution in [0.25, 0.3) is 11.2 Å². The molecule has 0 unspecified atom stereocenters. The van der Waals surface area contributed by atoms with E-state index in [-0.39, 0.29) is 12.5 Å². The van der Waals surface area contributed by atoms with Crippen molar-refractivity contribution in [1.82, 2.24) is 20.3 Å². The highest BCUT2D eigenvalue weighted by molar-refractivity contribution is 9.10. The van der Waals surface area contributed by atoms with Gasteiger partial charge >= 0.3 is 0 Å². The Kier molecular flexibility index (Phi) is 4.66. The average Bonchev–Trinajstić information content (AvgIpc) is 3.01. The van der Waals surface area contributed by atoms with Crippen LogP contribution in [-0.4, -0.2) is 35.1 Å². The van der Waals surface area contributed by atoms with Gasteiger partial charge < -0.3 is 19.8 Å². The number of ether oxygens (including phenoxy) is 2. The molecule has 0 bridgehead atoms. The zero-order valence-corrected chi connectivity index (χ0v) is 14.7. The highest BCUT2D eigenvalue weighted by atomic mass is 79.9. The molecule has 3 aromatic rings. The van der Waals surface area contributed by atoms with Crippen LogP contribution in [0.4, 0.5) is 0 Å². The molecule has 0 fully saturated rings. The largest absolute Gasteiger partial charge is 0.497 e. The zero-order valence-electron chi connectivity index (χ0n) is 13.1. The van der Waals surface area contributed by atoms with E-state index >= 15 is 0 Å². The fourth-order valence-electron chi connectivity index (χ4n) is 2.21. The van der Waals surface area contributed by atoms with Crippen molar-refractivity contribution in [2.75, 3.05) is 14.2 Å². The van der Waals surface area contributed by atoms with Gasteiger partial charge in [0.2, 0.25) is 0 Å². The van der Waals surface area contributed by atoms with Gasteiger partial charge in [-0.05, 0) is 34.1 Å². The van der Waals surface area contributed by atoms with Gasteiger partial charge in [-0.1, -0.05) is 0 Å². The zero-order chi connectivity index (χ0) is 17.1. The summed E-state index contributed by atoms with van der Waals surface area (Å²) < 4.78 is 11.2. The molecule has 8 heteroatoms. The van der Waals surface area contributed by atoms with E-state index in [2.05, 4.69) is 36.2 Å². The highest BCUT2D eigenvalue weighted by Gasteiger charge is 2.11. The molecule has 0 atom stereocenters. The van der Waals surface area contributed by atoms with Crippen molar-refractivity contribution < 1.29 is 14.3 Å². The quantitative estimate of drug-likeness (QED) is 0.698. The second-order valence-corrected chi connectivity index (χ2v) is 5.91. The molecule has 2 N–H and O–H groups in total. The van der Waals surface area contributed by atoms with Gasteiger partial charge in [-0.15, -0.1) is 0 Å². The fraction of sp³-hybridized carbons (Fsp3) is 0.188. The molecular weight excluding hydrogens is 376 g/mol. The number of carbonyl (C=O) groups is 1. The molecule has 0 saturated heterocycles. The smallest absolute Gasteiger partial charge is 0.251 e. The second kappa shape index (κ2) is 6.88. The SMILES string of the molecule is COc1cc(OC)cc(C(=O)NCc2nc3ncc(Br)cc3[nH]2)c1. The first-order valence-electron chi connectivity index (χ1n) is 7.10. The van der Waals surface area contributed by atoms with Crippen molar-refractivity contribution in [2.45, 2.75) is 6.54 Å². The first-order chi connectivity index (χ1) is 11.6. The molecule has 1 amide bonds. The van der Waals surface area contributed by atoms with Gasteiger partial charge in [-0.2, -0.15) is 0 Å². The Balaban J connectivity index is 1.74. The predicted molar refractivity (Wildman–Crippen MR) is 92.3 cm³/mol. The van der Waals surface area contributed by atoms with Crippen LogP contribution in [0, 0.1) is 0 Å². The van der Waals surface area contributed by atoms with E-state index in [0.29, 0.717) is 28.5 Å². The number of aromatic amines is 1. The molecule has 0 aliphatic rings.